The van der Waals surface area contributed by atoms with Gasteiger partial charge in [-0.05, 0) is 72.7 Å². The highest BCUT2D eigenvalue weighted by molar-refractivity contribution is 5.99. The lowest BCUT2D eigenvalue weighted by atomic mass is 9.79. The van der Waals surface area contributed by atoms with Gasteiger partial charge in [-0.15, -0.1) is 0 Å². The largest absolute Gasteiger partial charge is 0.334 e. The molecule has 0 unspecified atom stereocenters. The molecule has 35 heavy (non-hydrogen) atoms. The number of fused-ring (bicyclic) bond motifs is 3. The molecule has 1 aliphatic heterocycles. The maximum Gasteiger partial charge on any atom is 0.322 e. The summed E-state index contributed by atoms with van der Waals surface area (Å²) in [6, 6.07) is 19.4. The van der Waals surface area contributed by atoms with Crippen LogP contribution in [0.4, 0.5) is 10.5 Å². The van der Waals surface area contributed by atoms with Crippen molar-refractivity contribution in [2.45, 2.75) is 51.5 Å². The van der Waals surface area contributed by atoms with Crippen molar-refractivity contribution >= 4 is 22.6 Å². The van der Waals surface area contributed by atoms with Gasteiger partial charge in [0.15, 0.2) is 0 Å². The summed E-state index contributed by atoms with van der Waals surface area (Å²) in [5, 5.41) is 8.85. The molecule has 1 fully saturated rings. The number of carbonyl (C=O) groups excluding carboxylic acids is 1. The molecule has 6 rings (SSSR count). The lowest BCUT2D eigenvalue weighted by molar-refractivity contribution is 0.245. The Hall–Kier alpha value is -3.60. The van der Waals surface area contributed by atoms with Crippen LogP contribution in [0.1, 0.15) is 47.9 Å². The molecule has 5 heteroatoms. The molecular weight excluding hydrogens is 432 g/mol. The van der Waals surface area contributed by atoms with Gasteiger partial charge in [0, 0.05) is 36.6 Å². The average molecular weight is 465 g/mol. The van der Waals surface area contributed by atoms with Gasteiger partial charge in [-0.2, -0.15) is 5.10 Å². The number of hydrogen-bond donors (Lipinski definition) is 1. The number of carbonyl (C=O) groups is 1. The van der Waals surface area contributed by atoms with Crippen LogP contribution in [-0.4, -0.2) is 22.4 Å². The van der Waals surface area contributed by atoms with Gasteiger partial charge in [0.1, 0.15) is 0 Å². The molecule has 1 saturated carbocycles. The molecule has 1 spiro atoms. The zero-order valence-electron chi connectivity index (χ0n) is 20.8. The van der Waals surface area contributed by atoms with Crippen molar-refractivity contribution in [2.75, 3.05) is 11.4 Å². The van der Waals surface area contributed by atoms with Crippen molar-refractivity contribution in [1.29, 1.82) is 0 Å². The van der Waals surface area contributed by atoms with Crippen molar-refractivity contribution < 1.29 is 4.79 Å². The maximum absolute atomic E-state index is 13.4. The zero-order chi connectivity index (χ0) is 24.2. The molecule has 1 aliphatic carbocycles. The topological polar surface area (TPSA) is 50.2 Å². The Bertz CT molecular complexity index is 1430. The summed E-state index contributed by atoms with van der Waals surface area (Å²) in [7, 11) is 1.99. The fourth-order valence-corrected chi connectivity index (χ4v) is 6.18. The Morgan fingerprint density at radius 1 is 1.03 bits per heavy atom. The maximum atomic E-state index is 13.4. The predicted octanol–water partition coefficient (Wildman–Crippen LogP) is 6.40. The van der Waals surface area contributed by atoms with E-state index in [1.54, 1.807) is 0 Å². The quantitative estimate of drug-likeness (QED) is 0.381. The van der Waals surface area contributed by atoms with Crippen LogP contribution in [0.25, 0.3) is 22.0 Å². The van der Waals surface area contributed by atoms with Gasteiger partial charge in [-0.1, -0.05) is 54.8 Å². The van der Waals surface area contributed by atoms with Crippen LogP contribution in [0, 0.1) is 13.8 Å². The number of urea groups is 1. The van der Waals surface area contributed by atoms with Crippen molar-refractivity contribution in [3.63, 3.8) is 0 Å². The SMILES string of the molecule is Cc1ccc(CNC(=O)N2CC3(CCCC3)c3cc(-c4c(C)ccc5c4cnn5C)ccc32)cc1. The van der Waals surface area contributed by atoms with Crippen LogP contribution in [0.3, 0.4) is 0 Å². The van der Waals surface area contributed by atoms with E-state index >= 15 is 0 Å². The number of anilines is 1. The first kappa shape index (κ1) is 21.9. The number of nitrogens with one attached hydrogen (secondary N) is 1. The summed E-state index contributed by atoms with van der Waals surface area (Å²) in [5.41, 5.74) is 9.64. The van der Waals surface area contributed by atoms with Gasteiger partial charge in [-0.3, -0.25) is 9.58 Å². The molecule has 0 bridgehead atoms. The van der Waals surface area contributed by atoms with Crippen LogP contribution in [0.5, 0.6) is 0 Å². The molecule has 1 N–H and O–H groups in total. The number of aromatic nitrogens is 2. The molecule has 5 nitrogen and oxygen atoms in total. The van der Waals surface area contributed by atoms with Crippen LogP contribution >= 0.6 is 0 Å². The standard InChI is InChI=1S/C30H32N4O/c1-20-6-9-22(10-7-20)17-31-29(35)34-19-30(14-4-5-15-30)25-16-23(11-13-27(25)34)28-21(2)8-12-26-24(28)18-32-33(26)3/h6-13,16,18H,4-5,14-15,17,19H2,1-3H3,(H,31,35). The summed E-state index contributed by atoms with van der Waals surface area (Å²) in [6.07, 6.45) is 6.70. The van der Waals surface area contributed by atoms with Crippen molar-refractivity contribution in [2.24, 2.45) is 7.05 Å². The van der Waals surface area contributed by atoms with E-state index in [1.165, 1.54) is 46.0 Å². The lowest BCUT2D eigenvalue weighted by Gasteiger charge is -2.25. The van der Waals surface area contributed by atoms with Crippen LogP contribution in [0.2, 0.25) is 0 Å². The third-order valence-electron chi connectivity index (χ3n) is 8.12. The molecule has 2 aliphatic rings. The summed E-state index contributed by atoms with van der Waals surface area (Å²) in [4.78, 5) is 15.4. The van der Waals surface area contributed by atoms with Gasteiger partial charge in [0.25, 0.3) is 0 Å². The molecule has 2 amide bonds. The second-order valence-electron chi connectivity index (χ2n) is 10.4. The third kappa shape index (κ3) is 3.61. The average Bonchev–Trinajstić information content (AvgIpc) is 3.57. The Labute approximate surface area is 206 Å². The van der Waals surface area contributed by atoms with Crippen LogP contribution < -0.4 is 10.2 Å². The van der Waals surface area contributed by atoms with Crippen molar-refractivity contribution in [3.8, 4) is 11.1 Å². The van der Waals surface area contributed by atoms with E-state index in [1.807, 2.05) is 22.8 Å². The molecule has 0 atom stereocenters. The molecular formula is C30H32N4O. The Morgan fingerprint density at radius 3 is 2.57 bits per heavy atom. The highest BCUT2D eigenvalue weighted by atomic mass is 16.2. The van der Waals surface area contributed by atoms with Crippen LogP contribution in [-0.2, 0) is 19.0 Å². The van der Waals surface area contributed by atoms with E-state index in [0.717, 1.165) is 36.2 Å². The second-order valence-corrected chi connectivity index (χ2v) is 10.4. The molecule has 0 saturated heterocycles. The number of rotatable bonds is 3. The number of hydrogen-bond acceptors (Lipinski definition) is 2. The third-order valence-corrected chi connectivity index (χ3v) is 8.12. The number of nitrogens with zero attached hydrogens (tertiary/aromatic N) is 3. The number of amides is 2. The number of aryl methyl sites for hydroxylation is 3. The Morgan fingerprint density at radius 2 is 1.80 bits per heavy atom. The lowest BCUT2D eigenvalue weighted by Crippen LogP contribution is -2.41. The minimum Gasteiger partial charge on any atom is -0.334 e. The highest BCUT2D eigenvalue weighted by Gasteiger charge is 2.46. The highest BCUT2D eigenvalue weighted by Crippen LogP contribution is 2.51. The van der Waals surface area contributed by atoms with E-state index in [0.29, 0.717) is 6.54 Å². The van der Waals surface area contributed by atoms with Gasteiger partial charge >= 0.3 is 6.03 Å². The molecule has 0 radical (unpaired) electrons. The smallest absolute Gasteiger partial charge is 0.322 e. The summed E-state index contributed by atoms with van der Waals surface area (Å²) >= 11 is 0. The minimum absolute atomic E-state index is 0.00566. The summed E-state index contributed by atoms with van der Waals surface area (Å²) in [6.45, 7) is 5.56. The van der Waals surface area contributed by atoms with Crippen LogP contribution in [0.15, 0.2) is 60.8 Å². The van der Waals surface area contributed by atoms with E-state index < -0.39 is 0 Å². The Balaban J connectivity index is 1.36. The molecule has 1 aromatic heterocycles. The fraction of sp³-hybridized carbons (Fsp3) is 0.333. The molecule has 3 aromatic carbocycles. The molecule has 4 aromatic rings. The van der Waals surface area contributed by atoms with Gasteiger partial charge in [0.05, 0.1) is 11.7 Å². The van der Waals surface area contributed by atoms with E-state index in [4.69, 9.17) is 0 Å². The minimum atomic E-state index is -0.00566. The van der Waals surface area contributed by atoms with E-state index in [2.05, 4.69) is 78.9 Å². The molecule has 2 heterocycles. The monoisotopic (exact) mass is 464 g/mol. The fourth-order valence-electron chi connectivity index (χ4n) is 6.18. The summed E-state index contributed by atoms with van der Waals surface area (Å²) < 4.78 is 1.93. The first-order valence-corrected chi connectivity index (χ1v) is 12.6. The second kappa shape index (κ2) is 8.26. The molecule has 178 valence electrons. The number of benzene rings is 3. The van der Waals surface area contributed by atoms with Crippen molar-refractivity contribution in [3.05, 3.63) is 83.0 Å². The normalized spacial score (nSPS) is 16.3. The Kier molecular flexibility index (Phi) is 5.17. The predicted molar refractivity (Wildman–Crippen MR) is 142 cm³/mol. The van der Waals surface area contributed by atoms with Gasteiger partial charge in [0.2, 0.25) is 0 Å². The van der Waals surface area contributed by atoms with E-state index in [9.17, 15) is 4.79 Å². The van der Waals surface area contributed by atoms with Crippen molar-refractivity contribution in [1.82, 2.24) is 15.1 Å². The van der Waals surface area contributed by atoms with E-state index in [-0.39, 0.29) is 11.4 Å². The first-order chi connectivity index (χ1) is 16.9. The van der Waals surface area contributed by atoms with Gasteiger partial charge in [-0.25, -0.2) is 4.79 Å². The van der Waals surface area contributed by atoms with Gasteiger partial charge < -0.3 is 5.32 Å². The summed E-state index contributed by atoms with van der Waals surface area (Å²) in [5.74, 6) is 0. The first-order valence-electron chi connectivity index (χ1n) is 12.6. The zero-order valence-corrected chi connectivity index (χ0v) is 20.8.